The molecular formula is C28H24BrNO4. The molecule has 5 rings (SSSR count). The summed E-state index contributed by atoms with van der Waals surface area (Å²) in [4.78, 5) is 29.0. The summed E-state index contributed by atoms with van der Waals surface area (Å²) in [5.74, 6) is 0.521. The van der Waals surface area contributed by atoms with E-state index < -0.39 is 6.04 Å². The summed E-state index contributed by atoms with van der Waals surface area (Å²) in [5, 5.41) is 0.479. The first-order valence-electron chi connectivity index (χ1n) is 11.4. The lowest BCUT2D eigenvalue weighted by Crippen LogP contribution is -2.29. The Labute approximate surface area is 206 Å². The van der Waals surface area contributed by atoms with Crippen molar-refractivity contribution in [1.29, 1.82) is 0 Å². The summed E-state index contributed by atoms with van der Waals surface area (Å²) in [6.07, 6.45) is 2.04. The third-order valence-electron chi connectivity index (χ3n) is 6.07. The number of amides is 1. The molecule has 0 spiro atoms. The first-order valence-corrected chi connectivity index (χ1v) is 12.2. The average Bonchev–Trinajstić information content (AvgIpc) is 3.13. The number of carbonyl (C=O) groups is 1. The fourth-order valence-corrected chi connectivity index (χ4v) is 4.76. The van der Waals surface area contributed by atoms with E-state index in [-0.39, 0.29) is 17.1 Å². The minimum absolute atomic E-state index is 0.0922. The molecule has 0 aliphatic carbocycles. The zero-order valence-corrected chi connectivity index (χ0v) is 20.6. The molecule has 5 nitrogen and oxygen atoms in total. The molecule has 34 heavy (non-hydrogen) atoms. The monoisotopic (exact) mass is 517 g/mol. The molecule has 1 aliphatic rings. The Morgan fingerprint density at radius 2 is 1.82 bits per heavy atom. The number of nitrogens with zero attached hydrogens (tertiary/aromatic N) is 1. The molecular weight excluding hydrogens is 494 g/mol. The standard InChI is InChI=1S/C28H24BrNO4/c1-3-4-14-33-21-11-9-18(10-12-21)25-24-26(31)22-15-17(2)8-13-23(22)34-27(24)28(32)30(25)20-7-5-6-19(29)16-20/h5-13,15-16,25H,3-4,14H2,1-2H3. The largest absolute Gasteiger partial charge is 0.494 e. The van der Waals surface area contributed by atoms with Crippen LogP contribution in [0.5, 0.6) is 5.75 Å². The Morgan fingerprint density at radius 1 is 1.03 bits per heavy atom. The molecule has 4 aromatic rings. The molecule has 0 N–H and O–H groups in total. The van der Waals surface area contributed by atoms with Crippen molar-refractivity contribution < 1.29 is 13.9 Å². The highest BCUT2D eigenvalue weighted by Gasteiger charge is 2.43. The zero-order valence-electron chi connectivity index (χ0n) is 19.0. The van der Waals surface area contributed by atoms with E-state index in [2.05, 4.69) is 22.9 Å². The van der Waals surface area contributed by atoms with Crippen molar-refractivity contribution >= 4 is 38.5 Å². The minimum atomic E-state index is -0.609. The van der Waals surface area contributed by atoms with Gasteiger partial charge in [0.05, 0.1) is 23.6 Å². The van der Waals surface area contributed by atoms with Gasteiger partial charge in [0.1, 0.15) is 11.3 Å². The van der Waals surface area contributed by atoms with Crippen molar-refractivity contribution in [2.24, 2.45) is 0 Å². The van der Waals surface area contributed by atoms with Crippen molar-refractivity contribution in [2.45, 2.75) is 32.7 Å². The number of rotatable bonds is 6. The smallest absolute Gasteiger partial charge is 0.295 e. The number of ether oxygens (including phenoxy) is 1. The molecule has 1 atom stereocenters. The van der Waals surface area contributed by atoms with E-state index in [0.29, 0.717) is 28.8 Å². The van der Waals surface area contributed by atoms with Gasteiger partial charge in [0.25, 0.3) is 5.91 Å². The molecule has 6 heteroatoms. The highest BCUT2D eigenvalue weighted by Crippen LogP contribution is 2.42. The predicted molar refractivity (Wildman–Crippen MR) is 137 cm³/mol. The van der Waals surface area contributed by atoms with Gasteiger partial charge in [-0.05, 0) is 61.4 Å². The highest BCUT2D eigenvalue weighted by atomic mass is 79.9. The summed E-state index contributed by atoms with van der Waals surface area (Å²) >= 11 is 3.50. The van der Waals surface area contributed by atoms with E-state index in [4.69, 9.17) is 9.15 Å². The molecule has 0 saturated heterocycles. The van der Waals surface area contributed by atoms with E-state index in [1.807, 2.05) is 67.6 Å². The van der Waals surface area contributed by atoms with Gasteiger partial charge in [-0.3, -0.25) is 14.5 Å². The third-order valence-corrected chi connectivity index (χ3v) is 6.57. The molecule has 2 heterocycles. The van der Waals surface area contributed by atoms with Gasteiger partial charge in [0, 0.05) is 10.2 Å². The molecule has 1 aromatic heterocycles. The normalized spacial score (nSPS) is 15.1. The van der Waals surface area contributed by atoms with Crippen LogP contribution < -0.4 is 15.1 Å². The predicted octanol–water partition coefficient (Wildman–Crippen LogP) is 6.79. The van der Waals surface area contributed by atoms with Crippen LogP contribution in [0.2, 0.25) is 0 Å². The summed E-state index contributed by atoms with van der Waals surface area (Å²) in [6.45, 7) is 4.70. The zero-order chi connectivity index (χ0) is 23.8. The van der Waals surface area contributed by atoms with Crippen LogP contribution >= 0.6 is 15.9 Å². The second-order valence-corrected chi connectivity index (χ2v) is 9.42. The Morgan fingerprint density at radius 3 is 2.56 bits per heavy atom. The van der Waals surface area contributed by atoms with Crippen LogP contribution in [-0.4, -0.2) is 12.5 Å². The van der Waals surface area contributed by atoms with Crippen LogP contribution in [0.1, 0.15) is 53.1 Å². The number of unbranched alkanes of at least 4 members (excludes halogenated alkanes) is 1. The number of fused-ring (bicyclic) bond motifs is 2. The van der Waals surface area contributed by atoms with Crippen LogP contribution in [0.15, 0.2) is 80.4 Å². The van der Waals surface area contributed by atoms with Gasteiger partial charge < -0.3 is 9.15 Å². The van der Waals surface area contributed by atoms with Gasteiger partial charge in [-0.2, -0.15) is 0 Å². The SMILES string of the molecule is CCCCOc1ccc(C2c3c(oc4ccc(C)cc4c3=O)C(=O)N2c2cccc(Br)c2)cc1. The Bertz CT molecular complexity index is 1440. The molecule has 0 fully saturated rings. The van der Waals surface area contributed by atoms with Crippen LogP contribution in [0, 0.1) is 6.92 Å². The van der Waals surface area contributed by atoms with E-state index in [0.717, 1.165) is 34.2 Å². The van der Waals surface area contributed by atoms with Crippen molar-refractivity contribution in [3.8, 4) is 5.75 Å². The lowest BCUT2D eigenvalue weighted by Gasteiger charge is -2.25. The van der Waals surface area contributed by atoms with Crippen molar-refractivity contribution in [2.75, 3.05) is 11.5 Å². The maximum absolute atomic E-state index is 13.7. The van der Waals surface area contributed by atoms with Crippen LogP contribution in [0.3, 0.4) is 0 Å². The molecule has 0 bridgehead atoms. The van der Waals surface area contributed by atoms with E-state index in [1.165, 1.54) is 0 Å². The first kappa shape index (κ1) is 22.4. The average molecular weight is 518 g/mol. The number of hydrogen-bond donors (Lipinski definition) is 0. The quantitative estimate of drug-likeness (QED) is 0.264. The topological polar surface area (TPSA) is 59.8 Å². The van der Waals surface area contributed by atoms with Gasteiger partial charge in [-0.1, -0.05) is 59.1 Å². The van der Waals surface area contributed by atoms with Crippen molar-refractivity contribution in [3.63, 3.8) is 0 Å². The first-order chi connectivity index (χ1) is 16.5. The second-order valence-electron chi connectivity index (χ2n) is 8.50. The van der Waals surface area contributed by atoms with Gasteiger partial charge >= 0.3 is 0 Å². The van der Waals surface area contributed by atoms with Crippen LogP contribution in [-0.2, 0) is 0 Å². The van der Waals surface area contributed by atoms with Crippen LogP contribution in [0.4, 0.5) is 5.69 Å². The fourth-order valence-electron chi connectivity index (χ4n) is 4.38. The van der Waals surface area contributed by atoms with Gasteiger partial charge in [-0.25, -0.2) is 0 Å². The van der Waals surface area contributed by atoms with Gasteiger partial charge in [-0.15, -0.1) is 0 Å². The number of carbonyl (C=O) groups excluding carboxylic acids is 1. The van der Waals surface area contributed by atoms with Gasteiger partial charge in [0.15, 0.2) is 5.43 Å². The number of aryl methyl sites for hydroxylation is 1. The second kappa shape index (κ2) is 9.11. The summed E-state index contributed by atoms with van der Waals surface area (Å²) in [6, 6.07) is 19.9. The maximum Gasteiger partial charge on any atom is 0.295 e. The highest BCUT2D eigenvalue weighted by molar-refractivity contribution is 9.10. The Hall–Kier alpha value is -3.38. The number of halogens is 1. The van der Waals surface area contributed by atoms with E-state index in [9.17, 15) is 9.59 Å². The summed E-state index contributed by atoms with van der Waals surface area (Å²) in [7, 11) is 0. The summed E-state index contributed by atoms with van der Waals surface area (Å²) < 4.78 is 12.7. The molecule has 172 valence electrons. The van der Waals surface area contributed by atoms with Crippen molar-refractivity contribution in [3.05, 3.63) is 104 Å². The number of anilines is 1. The maximum atomic E-state index is 13.7. The molecule has 1 unspecified atom stereocenters. The van der Waals surface area contributed by atoms with Crippen LogP contribution in [0.25, 0.3) is 11.0 Å². The third kappa shape index (κ3) is 3.92. The molecule has 1 aliphatic heterocycles. The fraction of sp³-hybridized carbons (Fsp3) is 0.214. The number of benzene rings is 3. The van der Waals surface area contributed by atoms with Gasteiger partial charge in [0.2, 0.25) is 5.76 Å². The summed E-state index contributed by atoms with van der Waals surface area (Å²) in [5.41, 5.74) is 3.05. The molecule has 1 amide bonds. The molecule has 0 radical (unpaired) electrons. The Kier molecular flexibility index (Phi) is 6.00. The lowest BCUT2D eigenvalue weighted by atomic mass is 9.98. The molecule has 3 aromatic carbocycles. The lowest BCUT2D eigenvalue weighted by molar-refractivity contribution is 0.0971. The van der Waals surface area contributed by atoms with E-state index in [1.54, 1.807) is 11.0 Å². The minimum Gasteiger partial charge on any atom is -0.494 e. The Balaban J connectivity index is 1.68. The molecule has 0 saturated carbocycles. The van der Waals surface area contributed by atoms with Crippen molar-refractivity contribution in [1.82, 2.24) is 0 Å². The van der Waals surface area contributed by atoms with E-state index >= 15 is 0 Å². The number of hydrogen-bond acceptors (Lipinski definition) is 4.